The van der Waals surface area contributed by atoms with Crippen LogP contribution < -0.4 is 10.9 Å². The number of hydrogen-bond acceptors (Lipinski definition) is 3. The number of hydrogen-bond donors (Lipinski definition) is 2. The van der Waals surface area contributed by atoms with Crippen LogP contribution >= 0.6 is 11.6 Å². The number of carbonyl (C=O) groups is 2. The van der Waals surface area contributed by atoms with Gasteiger partial charge in [-0.1, -0.05) is 0 Å². The fraction of sp³-hybridized carbons (Fsp3) is 0.500. The van der Waals surface area contributed by atoms with Crippen LogP contribution in [-0.2, 0) is 9.59 Å². The Kier molecular flexibility index (Phi) is 1.68. The van der Waals surface area contributed by atoms with E-state index in [1.54, 1.807) is 0 Å². The summed E-state index contributed by atoms with van der Waals surface area (Å²) in [5.74, 6) is -0.200. The highest BCUT2D eigenvalue weighted by atomic mass is 35.5. The fourth-order valence-electron chi connectivity index (χ4n) is 0.592. The third-order valence-corrected chi connectivity index (χ3v) is 1.31. The van der Waals surface area contributed by atoms with Gasteiger partial charge in [-0.25, -0.2) is 5.43 Å². The fourth-order valence-corrected chi connectivity index (χ4v) is 0.724. The van der Waals surface area contributed by atoms with Crippen molar-refractivity contribution < 1.29 is 9.59 Å². The van der Waals surface area contributed by atoms with E-state index in [1.165, 1.54) is 0 Å². The van der Waals surface area contributed by atoms with Crippen LogP contribution in [0.5, 0.6) is 0 Å². The standard InChI is InChI=1S/C4H5ClN2O2/c5-4(9)2-1-3(8)7-6-2/h2,6H,1H2,(H,7,8). The molecular weight excluding hydrogens is 144 g/mol. The SMILES string of the molecule is O=C1CC(C(=O)Cl)NN1. The second-order valence-electron chi connectivity index (χ2n) is 1.75. The Hall–Kier alpha value is -0.610. The Morgan fingerprint density at radius 3 is 2.67 bits per heavy atom. The van der Waals surface area contributed by atoms with Crippen molar-refractivity contribution in [2.45, 2.75) is 12.5 Å². The van der Waals surface area contributed by atoms with Crippen LogP contribution in [-0.4, -0.2) is 17.2 Å². The van der Waals surface area contributed by atoms with Gasteiger partial charge in [0.15, 0.2) is 0 Å². The van der Waals surface area contributed by atoms with Crippen molar-refractivity contribution in [1.82, 2.24) is 10.9 Å². The molecule has 0 aliphatic carbocycles. The maximum absolute atomic E-state index is 10.4. The Morgan fingerprint density at radius 1 is 1.78 bits per heavy atom. The molecule has 1 aliphatic rings. The zero-order valence-electron chi connectivity index (χ0n) is 4.48. The maximum atomic E-state index is 10.4. The molecule has 1 unspecified atom stereocenters. The molecule has 1 saturated heterocycles. The largest absolute Gasteiger partial charge is 0.291 e. The Bertz CT molecular complexity index is 159. The molecule has 0 bridgehead atoms. The lowest BCUT2D eigenvalue weighted by atomic mass is 10.3. The van der Waals surface area contributed by atoms with Gasteiger partial charge in [-0.3, -0.25) is 15.0 Å². The molecule has 50 valence electrons. The predicted molar refractivity (Wildman–Crippen MR) is 30.5 cm³/mol. The van der Waals surface area contributed by atoms with Gasteiger partial charge in [0, 0.05) is 0 Å². The molecule has 0 aromatic heterocycles. The number of nitrogens with one attached hydrogen (secondary N) is 2. The predicted octanol–water partition coefficient (Wildman–Crippen LogP) is -0.855. The molecule has 4 nitrogen and oxygen atoms in total. The summed E-state index contributed by atoms with van der Waals surface area (Å²) in [6.45, 7) is 0. The summed E-state index contributed by atoms with van der Waals surface area (Å²) >= 11 is 5.06. The Labute approximate surface area is 56.5 Å². The smallest absolute Gasteiger partial charge is 0.240 e. The molecular formula is C4H5ClN2O2. The summed E-state index contributed by atoms with van der Waals surface area (Å²) in [5.41, 5.74) is 4.68. The van der Waals surface area contributed by atoms with Gasteiger partial charge in [0.25, 0.3) is 0 Å². The van der Waals surface area contributed by atoms with E-state index in [0.29, 0.717) is 0 Å². The monoisotopic (exact) mass is 148 g/mol. The summed E-state index contributed by atoms with van der Waals surface area (Å²) in [4.78, 5) is 20.7. The molecule has 0 aromatic carbocycles. The topological polar surface area (TPSA) is 58.2 Å². The first kappa shape index (κ1) is 6.51. The number of rotatable bonds is 1. The van der Waals surface area contributed by atoms with Crippen LogP contribution in [0.15, 0.2) is 0 Å². The van der Waals surface area contributed by atoms with Crippen LogP contribution in [0.1, 0.15) is 6.42 Å². The summed E-state index contributed by atoms with van der Waals surface area (Å²) in [6.07, 6.45) is 0.141. The minimum Gasteiger partial charge on any atom is -0.291 e. The van der Waals surface area contributed by atoms with Crippen molar-refractivity contribution in [1.29, 1.82) is 0 Å². The van der Waals surface area contributed by atoms with E-state index in [-0.39, 0.29) is 12.3 Å². The third kappa shape index (κ3) is 1.40. The summed E-state index contributed by atoms with van der Waals surface area (Å²) in [7, 11) is 0. The van der Waals surface area contributed by atoms with Gasteiger partial charge in [-0.05, 0) is 11.6 Å². The minimum absolute atomic E-state index is 0.141. The second-order valence-corrected chi connectivity index (χ2v) is 2.13. The van der Waals surface area contributed by atoms with E-state index in [9.17, 15) is 9.59 Å². The lowest BCUT2D eigenvalue weighted by Crippen LogP contribution is -2.34. The van der Waals surface area contributed by atoms with Gasteiger partial charge in [0.1, 0.15) is 6.04 Å². The normalized spacial score (nSPS) is 25.9. The van der Waals surface area contributed by atoms with Gasteiger partial charge in [-0.2, -0.15) is 0 Å². The highest BCUT2D eigenvalue weighted by molar-refractivity contribution is 6.65. The van der Waals surface area contributed by atoms with E-state index < -0.39 is 11.3 Å². The third-order valence-electron chi connectivity index (χ3n) is 1.05. The molecule has 0 spiro atoms. The quantitative estimate of drug-likeness (QED) is 0.476. The highest BCUT2D eigenvalue weighted by Crippen LogP contribution is 2.00. The Balaban J connectivity index is 2.48. The number of hydrazine groups is 1. The molecule has 2 N–H and O–H groups in total. The first-order valence-electron chi connectivity index (χ1n) is 2.44. The zero-order valence-corrected chi connectivity index (χ0v) is 5.23. The summed E-state index contributed by atoms with van der Waals surface area (Å²) < 4.78 is 0. The van der Waals surface area contributed by atoms with E-state index in [4.69, 9.17) is 11.6 Å². The highest BCUT2D eigenvalue weighted by Gasteiger charge is 2.25. The Morgan fingerprint density at radius 2 is 2.44 bits per heavy atom. The minimum atomic E-state index is -0.542. The van der Waals surface area contributed by atoms with E-state index >= 15 is 0 Å². The van der Waals surface area contributed by atoms with E-state index in [0.717, 1.165) is 0 Å². The molecule has 0 saturated carbocycles. The van der Waals surface area contributed by atoms with Crippen molar-refractivity contribution in [2.75, 3.05) is 0 Å². The zero-order chi connectivity index (χ0) is 6.85. The maximum Gasteiger partial charge on any atom is 0.240 e. The van der Waals surface area contributed by atoms with Crippen molar-refractivity contribution >= 4 is 22.8 Å². The molecule has 1 aliphatic heterocycles. The van der Waals surface area contributed by atoms with Crippen LogP contribution in [0.4, 0.5) is 0 Å². The second kappa shape index (κ2) is 2.33. The van der Waals surface area contributed by atoms with Gasteiger partial charge in [0.05, 0.1) is 6.42 Å². The molecule has 5 heteroatoms. The first-order valence-corrected chi connectivity index (χ1v) is 2.81. The average molecular weight is 149 g/mol. The van der Waals surface area contributed by atoms with Crippen molar-refractivity contribution in [2.24, 2.45) is 0 Å². The number of halogens is 1. The molecule has 0 radical (unpaired) electrons. The lowest BCUT2D eigenvalue weighted by Gasteiger charge is -1.97. The van der Waals surface area contributed by atoms with Crippen LogP contribution in [0.25, 0.3) is 0 Å². The van der Waals surface area contributed by atoms with E-state index in [1.807, 2.05) is 0 Å². The lowest BCUT2D eigenvalue weighted by molar-refractivity contribution is -0.120. The molecule has 1 heterocycles. The van der Waals surface area contributed by atoms with Crippen LogP contribution in [0.2, 0.25) is 0 Å². The summed E-state index contributed by atoms with van der Waals surface area (Å²) in [5, 5.41) is -0.534. The number of amides is 1. The molecule has 1 rings (SSSR count). The van der Waals surface area contributed by atoms with Gasteiger partial charge < -0.3 is 0 Å². The van der Waals surface area contributed by atoms with Gasteiger partial charge in [-0.15, -0.1) is 0 Å². The molecule has 1 amide bonds. The molecule has 1 atom stereocenters. The first-order chi connectivity index (χ1) is 4.20. The summed E-state index contributed by atoms with van der Waals surface area (Å²) in [6, 6.07) is -0.542. The average Bonchev–Trinajstić information content (AvgIpc) is 2.14. The van der Waals surface area contributed by atoms with Crippen molar-refractivity contribution in [3.63, 3.8) is 0 Å². The molecule has 0 aromatic rings. The van der Waals surface area contributed by atoms with Crippen LogP contribution in [0, 0.1) is 0 Å². The van der Waals surface area contributed by atoms with Crippen molar-refractivity contribution in [3.05, 3.63) is 0 Å². The molecule has 1 fully saturated rings. The number of carbonyl (C=O) groups excluding carboxylic acids is 2. The van der Waals surface area contributed by atoms with Gasteiger partial charge in [0.2, 0.25) is 11.1 Å². The van der Waals surface area contributed by atoms with Crippen molar-refractivity contribution in [3.8, 4) is 0 Å². The van der Waals surface area contributed by atoms with Crippen LogP contribution in [0.3, 0.4) is 0 Å². The van der Waals surface area contributed by atoms with Gasteiger partial charge >= 0.3 is 0 Å². The molecule has 9 heavy (non-hydrogen) atoms. The van der Waals surface area contributed by atoms with E-state index in [2.05, 4.69) is 10.9 Å².